The van der Waals surface area contributed by atoms with E-state index in [-0.39, 0.29) is 6.61 Å². The molecule has 0 aromatic rings. The minimum atomic E-state index is -0.555. The van der Waals surface area contributed by atoms with Crippen molar-refractivity contribution in [1.82, 2.24) is 4.90 Å². The highest BCUT2D eigenvalue weighted by atomic mass is 16.3. The Morgan fingerprint density at radius 2 is 2.00 bits per heavy atom. The normalized spacial score (nSPS) is 24.2. The monoisotopic (exact) mass is 172 g/mol. The van der Waals surface area contributed by atoms with Crippen molar-refractivity contribution >= 4 is 0 Å². The van der Waals surface area contributed by atoms with Crippen LogP contribution in [0.15, 0.2) is 0 Å². The molecule has 1 unspecified atom stereocenters. The summed E-state index contributed by atoms with van der Waals surface area (Å²) in [6.45, 7) is 5.68. The lowest BCUT2D eigenvalue weighted by molar-refractivity contribution is 0.0124. The molecule has 1 fully saturated rings. The molecule has 1 aliphatic heterocycles. The summed E-state index contributed by atoms with van der Waals surface area (Å²) >= 11 is 0. The van der Waals surface area contributed by atoms with Gasteiger partial charge in [-0.1, -0.05) is 0 Å². The third-order valence-corrected chi connectivity index (χ3v) is 2.61. The number of hydrogen-bond donors (Lipinski definition) is 2. The maximum absolute atomic E-state index is 9.16. The second-order valence-corrected chi connectivity index (χ2v) is 3.47. The van der Waals surface area contributed by atoms with Crippen LogP contribution >= 0.6 is 0 Å². The van der Waals surface area contributed by atoms with Gasteiger partial charge in [0.25, 0.3) is 0 Å². The van der Waals surface area contributed by atoms with Crippen molar-refractivity contribution in [2.45, 2.75) is 25.5 Å². The average molecular weight is 172 g/mol. The van der Waals surface area contributed by atoms with Gasteiger partial charge in [0, 0.05) is 19.7 Å². The zero-order chi connectivity index (χ0) is 8.97. The Bertz CT molecular complexity index is 120. The number of hydrogen-bond acceptors (Lipinski definition) is 3. The van der Waals surface area contributed by atoms with Gasteiger partial charge in [-0.05, 0) is 32.1 Å². The van der Waals surface area contributed by atoms with Crippen molar-refractivity contribution in [3.63, 3.8) is 0 Å². The lowest BCUT2D eigenvalue weighted by atomic mass is 9.94. The van der Waals surface area contributed by atoms with Crippen molar-refractivity contribution < 1.29 is 10.2 Å². The Labute approximate surface area is 74.0 Å². The Morgan fingerprint density at radius 3 is 2.42 bits per heavy atom. The summed E-state index contributed by atoms with van der Waals surface area (Å²) in [7, 11) is 0. The van der Waals surface area contributed by atoms with Gasteiger partial charge in [-0.3, -0.25) is 4.90 Å². The van der Waals surface area contributed by atoms with E-state index in [2.05, 4.69) is 6.92 Å². The molecule has 0 amide bonds. The van der Waals surface area contributed by atoms with Gasteiger partial charge < -0.3 is 10.2 Å². The number of aliphatic hydroxyl groups is 2. The molecule has 1 rings (SSSR count). The molecule has 0 bridgehead atoms. The highest BCUT2D eigenvalue weighted by molar-refractivity contribution is 4.74. The molecule has 12 heavy (non-hydrogen) atoms. The fraction of sp³-hybridized carbons (Fsp3) is 0.889. The number of piperidine rings is 1. The van der Waals surface area contributed by atoms with E-state index in [9.17, 15) is 0 Å². The van der Waals surface area contributed by atoms with E-state index >= 15 is 0 Å². The van der Waals surface area contributed by atoms with E-state index < -0.39 is 6.23 Å². The first kappa shape index (κ1) is 9.96. The molecule has 1 saturated heterocycles. The first-order valence-electron chi connectivity index (χ1n) is 4.60. The van der Waals surface area contributed by atoms with Gasteiger partial charge in [0.2, 0.25) is 0 Å². The smallest absolute Gasteiger partial charge is 0.107 e. The predicted molar refractivity (Wildman–Crippen MR) is 47.4 cm³/mol. The molecule has 0 aliphatic carbocycles. The summed E-state index contributed by atoms with van der Waals surface area (Å²) in [4.78, 5) is 1.97. The third-order valence-electron chi connectivity index (χ3n) is 2.61. The molecule has 0 aromatic carbocycles. The zero-order valence-corrected chi connectivity index (χ0v) is 7.45. The maximum atomic E-state index is 9.16. The Hall–Kier alpha value is -0.120. The van der Waals surface area contributed by atoms with Crippen LogP contribution in [-0.4, -0.2) is 41.0 Å². The topological polar surface area (TPSA) is 43.7 Å². The average Bonchev–Trinajstić information content (AvgIpc) is 2.06. The van der Waals surface area contributed by atoms with Crippen LogP contribution in [0.1, 0.15) is 19.3 Å². The fourth-order valence-electron chi connectivity index (χ4n) is 1.72. The van der Waals surface area contributed by atoms with Crippen molar-refractivity contribution in [2.75, 3.05) is 19.7 Å². The molecule has 1 radical (unpaired) electrons. The number of rotatable bonds is 3. The fourth-order valence-corrected chi connectivity index (χ4v) is 1.72. The van der Waals surface area contributed by atoms with Gasteiger partial charge in [0.1, 0.15) is 6.23 Å². The molecule has 2 N–H and O–H groups in total. The molecular weight excluding hydrogens is 154 g/mol. The van der Waals surface area contributed by atoms with Gasteiger partial charge >= 0.3 is 0 Å². The SMILES string of the molecule is [CH2]C(O)N1CCC(CCO)CC1. The highest BCUT2D eigenvalue weighted by Crippen LogP contribution is 2.20. The molecule has 1 atom stereocenters. The molecular formula is C9H18NO2. The maximum Gasteiger partial charge on any atom is 0.107 e. The Morgan fingerprint density at radius 1 is 1.42 bits per heavy atom. The summed E-state index contributed by atoms with van der Waals surface area (Å²) < 4.78 is 0. The summed E-state index contributed by atoms with van der Waals surface area (Å²) in [5.41, 5.74) is 0. The standard InChI is InChI=1S/C9H18NO2/c1-8(12)10-5-2-9(3-6-10)4-7-11/h8-9,11-12H,1-7H2. The zero-order valence-electron chi connectivity index (χ0n) is 7.45. The van der Waals surface area contributed by atoms with Gasteiger partial charge in [0.05, 0.1) is 0 Å². The lowest BCUT2D eigenvalue weighted by Gasteiger charge is -2.33. The molecule has 3 nitrogen and oxygen atoms in total. The molecule has 3 heteroatoms. The van der Waals surface area contributed by atoms with Crippen molar-refractivity contribution in [3.05, 3.63) is 6.92 Å². The Kier molecular flexibility index (Phi) is 3.98. The van der Waals surface area contributed by atoms with Crippen LogP contribution < -0.4 is 0 Å². The first-order chi connectivity index (χ1) is 5.74. The summed E-state index contributed by atoms with van der Waals surface area (Å²) in [5.74, 6) is 0.644. The van der Waals surface area contributed by atoms with Gasteiger partial charge in [-0.25, -0.2) is 0 Å². The minimum absolute atomic E-state index is 0.289. The van der Waals surface area contributed by atoms with E-state index in [1.165, 1.54) is 0 Å². The van der Waals surface area contributed by atoms with Gasteiger partial charge in [-0.15, -0.1) is 0 Å². The van der Waals surface area contributed by atoms with Crippen LogP contribution in [-0.2, 0) is 0 Å². The third kappa shape index (κ3) is 2.73. The lowest BCUT2D eigenvalue weighted by Crippen LogP contribution is -2.40. The molecule has 1 heterocycles. The second-order valence-electron chi connectivity index (χ2n) is 3.47. The molecule has 71 valence electrons. The molecule has 0 aromatic heterocycles. The number of nitrogens with zero attached hydrogens (tertiary/aromatic N) is 1. The quantitative estimate of drug-likeness (QED) is 0.640. The van der Waals surface area contributed by atoms with Crippen molar-refractivity contribution in [3.8, 4) is 0 Å². The summed E-state index contributed by atoms with van der Waals surface area (Å²) in [6.07, 6.45) is 2.50. The van der Waals surface area contributed by atoms with E-state index in [4.69, 9.17) is 10.2 Å². The molecule has 0 spiro atoms. The van der Waals surface area contributed by atoms with E-state index in [0.29, 0.717) is 5.92 Å². The van der Waals surface area contributed by atoms with Gasteiger partial charge in [0.15, 0.2) is 0 Å². The minimum Gasteiger partial charge on any atom is -0.396 e. The van der Waals surface area contributed by atoms with Crippen molar-refractivity contribution in [1.29, 1.82) is 0 Å². The Balaban J connectivity index is 2.20. The largest absolute Gasteiger partial charge is 0.396 e. The molecule has 0 saturated carbocycles. The van der Waals surface area contributed by atoms with E-state index in [0.717, 1.165) is 32.4 Å². The predicted octanol–water partition coefficient (Wildman–Crippen LogP) is 0.233. The van der Waals surface area contributed by atoms with E-state index in [1.54, 1.807) is 0 Å². The first-order valence-corrected chi connectivity index (χ1v) is 4.60. The van der Waals surface area contributed by atoms with Crippen LogP contribution in [0.25, 0.3) is 0 Å². The highest BCUT2D eigenvalue weighted by Gasteiger charge is 2.20. The van der Waals surface area contributed by atoms with Crippen LogP contribution in [0.5, 0.6) is 0 Å². The summed E-state index contributed by atoms with van der Waals surface area (Å²) in [5, 5.41) is 17.9. The summed E-state index contributed by atoms with van der Waals surface area (Å²) in [6, 6.07) is 0. The van der Waals surface area contributed by atoms with Crippen LogP contribution in [0.2, 0.25) is 0 Å². The van der Waals surface area contributed by atoms with Crippen LogP contribution in [0.3, 0.4) is 0 Å². The number of aliphatic hydroxyl groups excluding tert-OH is 2. The van der Waals surface area contributed by atoms with Gasteiger partial charge in [-0.2, -0.15) is 0 Å². The van der Waals surface area contributed by atoms with Crippen LogP contribution in [0.4, 0.5) is 0 Å². The van der Waals surface area contributed by atoms with Crippen molar-refractivity contribution in [2.24, 2.45) is 5.92 Å². The van der Waals surface area contributed by atoms with E-state index in [1.807, 2.05) is 4.90 Å². The number of likely N-dealkylation sites (tertiary alicyclic amines) is 1. The second kappa shape index (κ2) is 4.80. The molecule has 1 aliphatic rings. The van der Waals surface area contributed by atoms with Crippen LogP contribution in [0, 0.1) is 12.8 Å².